The van der Waals surface area contributed by atoms with Crippen LogP contribution in [0.4, 0.5) is 0 Å². The first-order valence-corrected chi connectivity index (χ1v) is 9.82. The summed E-state index contributed by atoms with van der Waals surface area (Å²) in [4.78, 5) is 18.8. The van der Waals surface area contributed by atoms with Crippen LogP contribution in [0.1, 0.15) is 42.1 Å². The Balaban J connectivity index is 1.31. The van der Waals surface area contributed by atoms with E-state index in [1.165, 1.54) is 12.8 Å². The molecule has 0 bridgehead atoms. The number of hydrogen-bond donors (Lipinski definition) is 2. The summed E-state index contributed by atoms with van der Waals surface area (Å²) in [6, 6.07) is 0.854. The Hall–Kier alpha value is -1.51. The maximum absolute atomic E-state index is 11.1. The van der Waals surface area contributed by atoms with E-state index < -0.39 is 5.97 Å². The van der Waals surface area contributed by atoms with Crippen molar-refractivity contribution in [3.63, 3.8) is 0 Å². The van der Waals surface area contributed by atoms with Crippen LogP contribution in [0, 0.1) is 19.8 Å². The molecule has 2 aromatic rings. The van der Waals surface area contributed by atoms with Gasteiger partial charge in [0.25, 0.3) is 0 Å². The molecule has 0 spiro atoms. The van der Waals surface area contributed by atoms with Crippen LogP contribution in [0.2, 0.25) is 0 Å². The van der Waals surface area contributed by atoms with Gasteiger partial charge in [-0.15, -0.1) is 0 Å². The lowest BCUT2D eigenvalue weighted by Gasteiger charge is -2.43. The SMILES string of the molecule is Cc1nn2c(CNC3CC(N(CC(=O)O)CC4CC4)C3)c(C)nc2s1. The van der Waals surface area contributed by atoms with E-state index in [-0.39, 0.29) is 6.54 Å². The Kier molecular flexibility index (Phi) is 4.51. The number of hydrogen-bond acceptors (Lipinski definition) is 6. The highest BCUT2D eigenvalue weighted by molar-refractivity contribution is 7.16. The molecule has 0 radical (unpaired) electrons. The largest absolute Gasteiger partial charge is 0.480 e. The zero-order valence-corrected chi connectivity index (χ0v) is 15.6. The number of carboxylic acid groups (broad SMARTS) is 1. The van der Waals surface area contributed by atoms with Crippen LogP contribution in [-0.2, 0) is 11.3 Å². The highest BCUT2D eigenvalue weighted by atomic mass is 32.1. The summed E-state index contributed by atoms with van der Waals surface area (Å²) in [5.41, 5.74) is 2.16. The summed E-state index contributed by atoms with van der Waals surface area (Å²) in [7, 11) is 0. The molecule has 2 aromatic heterocycles. The summed E-state index contributed by atoms with van der Waals surface area (Å²) < 4.78 is 1.95. The van der Waals surface area contributed by atoms with Gasteiger partial charge in [0.1, 0.15) is 5.01 Å². The minimum absolute atomic E-state index is 0.175. The molecule has 2 aliphatic rings. The molecule has 0 atom stereocenters. The van der Waals surface area contributed by atoms with Crippen molar-refractivity contribution in [1.82, 2.24) is 24.8 Å². The van der Waals surface area contributed by atoms with Crippen LogP contribution in [0.5, 0.6) is 0 Å². The average Bonchev–Trinajstić information content (AvgIpc) is 3.16. The molecule has 4 rings (SSSR count). The molecule has 0 aromatic carbocycles. The van der Waals surface area contributed by atoms with Crippen molar-refractivity contribution in [3.8, 4) is 0 Å². The third-order valence-electron chi connectivity index (χ3n) is 5.31. The minimum Gasteiger partial charge on any atom is -0.480 e. The van der Waals surface area contributed by atoms with Crippen molar-refractivity contribution >= 4 is 22.3 Å². The molecular weight excluding hydrogens is 338 g/mol. The van der Waals surface area contributed by atoms with Crippen LogP contribution in [0.3, 0.4) is 0 Å². The monoisotopic (exact) mass is 363 g/mol. The van der Waals surface area contributed by atoms with E-state index in [4.69, 9.17) is 5.11 Å². The fraction of sp³-hybridized carbons (Fsp3) is 0.706. The second-order valence-corrected chi connectivity index (χ2v) is 8.59. The second kappa shape index (κ2) is 6.66. The normalized spacial score (nSPS) is 23.3. The molecule has 0 amide bonds. The maximum Gasteiger partial charge on any atom is 0.317 e. The molecule has 2 aliphatic carbocycles. The first kappa shape index (κ1) is 16.9. The summed E-state index contributed by atoms with van der Waals surface area (Å²) >= 11 is 1.61. The number of fused-ring (bicyclic) bond motifs is 1. The highest BCUT2D eigenvalue weighted by Crippen LogP contribution is 2.34. The standard InChI is InChI=1S/C17H25N5O2S/c1-10-15(22-17(19-10)25-11(2)20-22)7-18-13-5-14(6-13)21(9-16(23)24)8-12-3-4-12/h12-14,18H,3-9H2,1-2H3,(H,23,24). The fourth-order valence-corrected chi connectivity index (χ4v) is 4.44. The average molecular weight is 363 g/mol. The number of nitrogens with zero attached hydrogens (tertiary/aromatic N) is 4. The van der Waals surface area contributed by atoms with Crippen LogP contribution in [0.15, 0.2) is 0 Å². The molecule has 2 heterocycles. The molecule has 7 nitrogen and oxygen atoms in total. The van der Waals surface area contributed by atoms with Crippen LogP contribution in [0.25, 0.3) is 4.96 Å². The molecule has 8 heteroatoms. The lowest BCUT2D eigenvalue weighted by molar-refractivity contribution is -0.139. The van der Waals surface area contributed by atoms with E-state index in [0.29, 0.717) is 12.1 Å². The fourth-order valence-electron chi connectivity index (χ4n) is 3.63. The molecule has 2 saturated carbocycles. The molecule has 2 fully saturated rings. The van der Waals surface area contributed by atoms with E-state index in [1.807, 2.05) is 18.4 Å². The molecule has 0 unspecified atom stereocenters. The molecule has 2 N–H and O–H groups in total. The van der Waals surface area contributed by atoms with E-state index in [1.54, 1.807) is 11.3 Å². The van der Waals surface area contributed by atoms with Crippen LogP contribution in [-0.4, -0.2) is 55.7 Å². The van der Waals surface area contributed by atoms with Crippen molar-refractivity contribution in [2.24, 2.45) is 5.92 Å². The zero-order valence-electron chi connectivity index (χ0n) is 14.7. The van der Waals surface area contributed by atoms with Crippen LogP contribution >= 0.6 is 11.3 Å². The lowest BCUT2D eigenvalue weighted by Crippen LogP contribution is -2.54. The molecular formula is C17H25N5O2S. The number of imidazole rings is 1. The van der Waals surface area contributed by atoms with E-state index in [0.717, 1.165) is 53.2 Å². The number of aromatic nitrogens is 3. The predicted molar refractivity (Wildman–Crippen MR) is 95.9 cm³/mol. The van der Waals surface area contributed by atoms with Crippen LogP contribution < -0.4 is 5.32 Å². The predicted octanol–water partition coefficient (Wildman–Crippen LogP) is 1.82. The Labute approximate surface area is 151 Å². The first-order valence-electron chi connectivity index (χ1n) is 9.00. The van der Waals surface area contributed by atoms with E-state index in [2.05, 4.69) is 20.3 Å². The molecule has 0 aliphatic heterocycles. The Morgan fingerprint density at radius 3 is 2.84 bits per heavy atom. The zero-order chi connectivity index (χ0) is 17.6. The number of carboxylic acids is 1. The van der Waals surface area contributed by atoms with Crippen molar-refractivity contribution in [2.45, 2.75) is 58.2 Å². The van der Waals surface area contributed by atoms with Gasteiger partial charge in [-0.05, 0) is 45.4 Å². The van der Waals surface area contributed by atoms with Gasteiger partial charge in [-0.3, -0.25) is 9.69 Å². The molecule has 136 valence electrons. The van der Waals surface area contributed by atoms with Crippen molar-refractivity contribution in [3.05, 3.63) is 16.4 Å². The second-order valence-electron chi connectivity index (χ2n) is 7.43. The van der Waals surface area contributed by atoms with Gasteiger partial charge in [0.05, 0.1) is 17.9 Å². The first-order chi connectivity index (χ1) is 12.0. The summed E-state index contributed by atoms with van der Waals surface area (Å²) in [6.45, 7) is 5.91. The Morgan fingerprint density at radius 1 is 1.40 bits per heavy atom. The highest BCUT2D eigenvalue weighted by Gasteiger charge is 2.37. The van der Waals surface area contributed by atoms with Gasteiger partial charge in [-0.2, -0.15) is 5.10 Å². The summed E-state index contributed by atoms with van der Waals surface area (Å²) in [5.74, 6) is 0.00947. The van der Waals surface area contributed by atoms with Gasteiger partial charge in [0, 0.05) is 25.2 Å². The van der Waals surface area contributed by atoms with Gasteiger partial charge < -0.3 is 10.4 Å². The third-order valence-corrected chi connectivity index (χ3v) is 6.14. The summed E-state index contributed by atoms with van der Waals surface area (Å²) in [5, 5.41) is 18.3. The number of aryl methyl sites for hydroxylation is 2. The van der Waals surface area contributed by atoms with E-state index >= 15 is 0 Å². The van der Waals surface area contributed by atoms with Gasteiger partial charge in [0.2, 0.25) is 4.96 Å². The maximum atomic E-state index is 11.1. The molecule has 0 saturated heterocycles. The third kappa shape index (κ3) is 3.70. The van der Waals surface area contributed by atoms with Gasteiger partial charge >= 0.3 is 5.97 Å². The number of aliphatic carboxylic acids is 1. The Bertz CT molecular complexity index is 775. The summed E-state index contributed by atoms with van der Waals surface area (Å²) in [6.07, 6.45) is 4.57. The quantitative estimate of drug-likeness (QED) is 0.744. The topological polar surface area (TPSA) is 82.8 Å². The molecule has 25 heavy (non-hydrogen) atoms. The van der Waals surface area contributed by atoms with Gasteiger partial charge in [0.15, 0.2) is 0 Å². The number of nitrogens with one attached hydrogen (secondary N) is 1. The lowest BCUT2D eigenvalue weighted by atomic mass is 9.85. The minimum atomic E-state index is -0.715. The van der Waals surface area contributed by atoms with E-state index in [9.17, 15) is 4.79 Å². The number of carbonyl (C=O) groups is 1. The van der Waals surface area contributed by atoms with Crippen molar-refractivity contribution < 1.29 is 9.90 Å². The van der Waals surface area contributed by atoms with Gasteiger partial charge in [-0.25, -0.2) is 9.50 Å². The van der Waals surface area contributed by atoms with Crippen molar-refractivity contribution in [1.29, 1.82) is 0 Å². The Morgan fingerprint density at radius 2 is 2.16 bits per heavy atom. The number of rotatable bonds is 8. The smallest absolute Gasteiger partial charge is 0.317 e. The van der Waals surface area contributed by atoms with Crippen molar-refractivity contribution in [2.75, 3.05) is 13.1 Å². The van der Waals surface area contributed by atoms with Gasteiger partial charge in [-0.1, -0.05) is 11.3 Å².